The summed E-state index contributed by atoms with van der Waals surface area (Å²) in [6, 6.07) is 10.7. The largest absolute Gasteiger partial charge is 0.301 e. The first kappa shape index (κ1) is 15.8. The molecular weight excluding hydrogens is 304 g/mol. The highest BCUT2D eigenvalue weighted by atomic mass is 32.2. The maximum absolute atomic E-state index is 11.7. The molecule has 1 heterocycles. The van der Waals surface area contributed by atoms with Crippen LogP contribution in [0.2, 0.25) is 0 Å². The van der Waals surface area contributed by atoms with Gasteiger partial charge in [0.15, 0.2) is 5.16 Å². The number of rotatable bonds is 4. The summed E-state index contributed by atoms with van der Waals surface area (Å²) in [5.41, 5.74) is 5.48. The van der Waals surface area contributed by atoms with Gasteiger partial charge in [0, 0.05) is 18.6 Å². The highest BCUT2D eigenvalue weighted by Gasteiger charge is 2.07. The normalized spacial score (nSPS) is 10.0. The zero-order valence-electron chi connectivity index (χ0n) is 11.8. The Bertz CT molecular complexity index is 730. The molecule has 0 saturated carbocycles. The molecule has 22 heavy (non-hydrogen) atoms. The number of nitrogens with zero attached hydrogens (tertiary/aromatic N) is 1. The van der Waals surface area contributed by atoms with Gasteiger partial charge < -0.3 is 4.98 Å². The van der Waals surface area contributed by atoms with Crippen molar-refractivity contribution in [2.24, 2.45) is 0 Å². The number of hydrazine groups is 1. The van der Waals surface area contributed by atoms with E-state index in [2.05, 4.69) is 20.8 Å². The van der Waals surface area contributed by atoms with Gasteiger partial charge in [-0.2, -0.15) is 0 Å². The highest BCUT2D eigenvalue weighted by molar-refractivity contribution is 7.99. The van der Waals surface area contributed by atoms with Crippen LogP contribution in [0.15, 0.2) is 46.3 Å². The van der Waals surface area contributed by atoms with Crippen LogP contribution in [0, 0.1) is 0 Å². The van der Waals surface area contributed by atoms with E-state index in [9.17, 15) is 14.4 Å². The van der Waals surface area contributed by atoms with Gasteiger partial charge in [-0.15, -0.1) is 0 Å². The molecule has 0 unspecified atom stereocenters. The predicted octanol–water partition coefficient (Wildman–Crippen LogP) is 0.696. The smallest absolute Gasteiger partial charge is 0.252 e. The molecule has 0 aliphatic rings. The van der Waals surface area contributed by atoms with Crippen LogP contribution < -0.4 is 16.4 Å². The summed E-state index contributed by atoms with van der Waals surface area (Å²) >= 11 is 1.07. The number of thioether (sulfide) groups is 1. The molecule has 0 bridgehead atoms. The molecule has 114 valence electrons. The minimum absolute atomic E-state index is 0.0153. The molecule has 2 rings (SSSR count). The van der Waals surface area contributed by atoms with E-state index in [1.165, 1.54) is 13.0 Å². The molecule has 8 heteroatoms. The van der Waals surface area contributed by atoms with Gasteiger partial charge in [0.25, 0.3) is 5.56 Å². The number of H-pyrrole nitrogens is 1. The molecule has 0 spiro atoms. The van der Waals surface area contributed by atoms with Crippen molar-refractivity contribution in [2.75, 3.05) is 5.75 Å². The summed E-state index contributed by atoms with van der Waals surface area (Å²) < 4.78 is 0. The van der Waals surface area contributed by atoms with Gasteiger partial charge in [0.1, 0.15) is 0 Å². The number of aromatic nitrogens is 2. The Morgan fingerprint density at radius 2 is 1.95 bits per heavy atom. The minimum Gasteiger partial charge on any atom is -0.301 e. The van der Waals surface area contributed by atoms with Gasteiger partial charge in [-0.25, -0.2) is 4.98 Å². The molecule has 0 aliphatic carbocycles. The Morgan fingerprint density at radius 1 is 1.23 bits per heavy atom. The summed E-state index contributed by atoms with van der Waals surface area (Å²) in [5.74, 6) is -0.745. The fraction of sp³-hybridized carbons (Fsp3) is 0.143. The van der Waals surface area contributed by atoms with Crippen molar-refractivity contribution < 1.29 is 9.59 Å². The number of benzene rings is 1. The van der Waals surface area contributed by atoms with Crippen molar-refractivity contribution in [2.45, 2.75) is 12.1 Å². The number of hydrogen-bond acceptors (Lipinski definition) is 5. The number of nitrogens with one attached hydrogen (secondary N) is 3. The minimum atomic E-state index is -0.395. The highest BCUT2D eigenvalue weighted by Crippen LogP contribution is 2.18. The second-order valence-corrected chi connectivity index (χ2v) is 5.28. The molecule has 1 aromatic heterocycles. The van der Waals surface area contributed by atoms with Crippen molar-refractivity contribution in [3.8, 4) is 11.3 Å². The fourth-order valence-corrected chi connectivity index (χ4v) is 2.26. The Kier molecular flexibility index (Phi) is 5.31. The second kappa shape index (κ2) is 7.41. The number of aromatic amines is 1. The van der Waals surface area contributed by atoms with Crippen molar-refractivity contribution in [1.29, 1.82) is 0 Å². The summed E-state index contributed by atoms with van der Waals surface area (Å²) in [6.45, 7) is 1.29. The lowest BCUT2D eigenvalue weighted by Gasteiger charge is -2.05. The van der Waals surface area contributed by atoms with E-state index in [-0.39, 0.29) is 17.2 Å². The SMILES string of the molecule is CC(=O)NNC(=O)CSc1nc(-c2ccccc2)cc(=O)[nH]1. The lowest BCUT2D eigenvalue weighted by atomic mass is 10.1. The quantitative estimate of drug-likeness (QED) is 0.437. The van der Waals surface area contributed by atoms with Crippen molar-refractivity contribution >= 4 is 23.6 Å². The summed E-state index contributed by atoms with van der Waals surface area (Å²) in [5, 5.41) is 0.337. The third kappa shape index (κ3) is 4.74. The number of carbonyl (C=O) groups excluding carboxylic acids is 2. The summed E-state index contributed by atoms with van der Waals surface area (Å²) in [7, 11) is 0. The van der Waals surface area contributed by atoms with Crippen molar-refractivity contribution in [3.63, 3.8) is 0 Å². The third-order valence-corrected chi connectivity index (χ3v) is 3.38. The Balaban J connectivity index is 2.06. The molecule has 2 aromatic rings. The van der Waals surface area contributed by atoms with Crippen molar-refractivity contribution in [3.05, 3.63) is 46.8 Å². The predicted molar refractivity (Wildman–Crippen MR) is 83.0 cm³/mol. The molecule has 0 radical (unpaired) electrons. The van der Waals surface area contributed by atoms with Gasteiger partial charge in [-0.3, -0.25) is 25.2 Å². The molecule has 7 nitrogen and oxygen atoms in total. The first-order chi connectivity index (χ1) is 10.5. The third-order valence-electron chi connectivity index (χ3n) is 2.51. The number of hydrogen-bond donors (Lipinski definition) is 3. The van der Waals surface area contributed by atoms with Crippen LogP contribution in [0.5, 0.6) is 0 Å². The monoisotopic (exact) mass is 318 g/mol. The lowest BCUT2D eigenvalue weighted by Crippen LogP contribution is -2.41. The first-order valence-corrected chi connectivity index (χ1v) is 7.38. The van der Waals surface area contributed by atoms with Crippen LogP contribution in [0.25, 0.3) is 11.3 Å². The Labute approximate surface area is 130 Å². The zero-order valence-corrected chi connectivity index (χ0v) is 12.6. The van der Waals surface area contributed by atoms with Gasteiger partial charge >= 0.3 is 0 Å². The van der Waals surface area contributed by atoms with E-state index in [0.29, 0.717) is 10.9 Å². The van der Waals surface area contributed by atoms with Crippen LogP contribution in [0.4, 0.5) is 0 Å². The van der Waals surface area contributed by atoms with Crippen LogP contribution in [0.1, 0.15) is 6.92 Å². The Morgan fingerprint density at radius 3 is 2.64 bits per heavy atom. The van der Waals surface area contributed by atoms with E-state index < -0.39 is 5.91 Å². The van der Waals surface area contributed by atoms with E-state index >= 15 is 0 Å². The molecule has 3 N–H and O–H groups in total. The second-order valence-electron chi connectivity index (χ2n) is 4.32. The van der Waals surface area contributed by atoms with E-state index in [0.717, 1.165) is 17.3 Å². The average molecular weight is 318 g/mol. The topological polar surface area (TPSA) is 104 Å². The van der Waals surface area contributed by atoms with Gasteiger partial charge in [0.2, 0.25) is 11.8 Å². The zero-order chi connectivity index (χ0) is 15.9. The van der Waals surface area contributed by atoms with E-state index in [4.69, 9.17) is 0 Å². The van der Waals surface area contributed by atoms with Crippen LogP contribution in [-0.4, -0.2) is 27.5 Å². The molecule has 1 aromatic carbocycles. The molecule has 0 atom stereocenters. The van der Waals surface area contributed by atoms with Gasteiger partial charge in [-0.05, 0) is 0 Å². The maximum atomic E-state index is 11.7. The standard InChI is InChI=1S/C14H14N4O3S/c1-9(19)17-18-13(21)8-22-14-15-11(7-12(20)16-14)10-5-3-2-4-6-10/h2-7H,8H2,1H3,(H,17,19)(H,18,21)(H,15,16,20). The Hall–Kier alpha value is -2.61. The lowest BCUT2D eigenvalue weighted by molar-refractivity contribution is -0.126. The average Bonchev–Trinajstić information content (AvgIpc) is 2.51. The number of carbonyl (C=O) groups is 2. The number of amides is 2. The first-order valence-electron chi connectivity index (χ1n) is 6.39. The van der Waals surface area contributed by atoms with Crippen LogP contribution in [0.3, 0.4) is 0 Å². The van der Waals surface area contributed by atoms with Gasteiger partial charge in [0.05, 0.1) is 11.4 Å². The van der Waals surface area contributed by atoms with E-state index in [1.807, 2.05) is 30.3 Å². The molecular formula is C14H14N4O3S. The fourth-order valence-electron chi connectivity index (χ4n) is 1.59. The molecule has 0 saturated heterocycles. The summed E-state index contributed by atoms with van der Waals surface area (Å²) in [4.78, 5) is 40.7. The summed E-state index contributed by atoms with van der Waals surface area (Å²) in [6.07, 6.45) is 0. The van der Waals surface area contributed by atoms with Crippen molar-refractivity contribution in [1.82, 2.24) is 20.8 Å². The van der Waals surface area contributed by atoms with Crippen LogP contribution >= 0.6 is 11.8 Å². The van der Waals surface area contributed by atoms with Gasteiger partial charge in [-0.1, -0.05) is 42.1 Å². The molecule has 2 amide bonds. The van der Waals surface area contributed by atoms with E-state index in [1.54, 1.807) is 0 Å². The van der Waals surface area contributed by atoms with Crippen LogP contribution in [-0.2, 0) is 9.59 Å². The molecule has 0 aliphatic heterocycles. The maximum Gasteiger partial charge on any atom is 0.252 e. The molecule has 0 fully saturated rings.